The van der Waals surface area contributed by atoms with E-state index in [0.29, 0.717) is 18.5 Å². The maximum atomic E-state index is 12.9. The summed E-state index contributed by atoms with van der Waals surface area (Å²) in [4.78, 5) is 27.0. The van der Waals surface area contributed by atoms with E-state index in [0.717, 1.165) is 51.5 Å². The molecule has 3 rings (SSSR count). The molecule has 3 fully saturated rings. The van der Waals surface area contributed by atoms with Gasteiger partial charge in [0.2, 0.25) is 11.8 Å². The van der Waals surface area contributed by atoms with Crippen molar-refractivity contribution in [3.8, 4) is 0 Å². The molecule has 118 valence electrons. The number of likely N-dealkylation sites (tertiary alicyclic amines) is 1. The van der Waals surface area contributed by atoms with Gasteiger partial charge in [-0.3, -0.25) is 9.59 Å². The Morgan fingerprint density at radius 3 is 2.52 bits per heavy atom. The molecule has 21 heavy (non-hydrogen) atoms. The van der Waals surface area contributed by atoms with Crippen LogP contribution in [-0.2, 0) is 9.59 Å². The lowest BCUT2D eigenvalue weighted by Crippen LogP contribution is -2.50. The zero-order chi connectivity index (χ0) is 14.8. The number of amides is 2. The quantitative estimate of drug-likeness (QED) is 0.812. The lowest BCUT2D eigenvalue weighted by atomic mass is 9.78. The number of nitrogens with two attached hydrogens (primary N) is 1. The number of carbonyl (C=O) groups is 2. The van der Waals surface area contributed by atoms with Crippen molar-refractivity contribution in [1.29, 1.82) is 0 Å². The van der Waals surface area contributed by atoms with Crippen LogP contribution in [0.2, 0.25) is 0 Å². The molecule has 3 atom stereocenters. The van der Waals surface area contributed by atoms with E-state index >= 15 is 0 Å². The third-order valence-corrected chi connectivity index (χ3v) is 5.29. The molecule has 1 heterocycles. The zero-order valence-electron chi connectivity index (χ0n) is 12.7. The SMILES string of the molecule is NCC1CCCCC1C(=O)N1CCCC1C(=O)NC1CC1. The molecule has 2 saturated carbocycles. The van der Waals surface area contributed by atoms with Gasteiger partial charge in [0.05, 0.1) is 0 Å². The molecule has 0 aromatic heterocycles. The minimum Gasteiger partial charge on any atom is -0.352 e. The highest BCUT2D eigenvalue weighted by Gasteiger charge is 2.40. The van der Waals surface area contributed by atoms with Crippen molar-refractivity contribution in [3.05, 3.63) is 0 Å². The van der Waals surface area contributed by atoms with Gasteiger partial charge < -0.3 is 16.0 Å². The summed E-state index contributed by atoms with van der Waals surface area (Å²) in [6, 6.07) is 0.125. The van der Waals surface area contributed by atoms with Crippen LogP contribution in [0.4, 0.5) is 0 Å². The third-order valence-electron chi connectivity index (χ3n) is 5.29. The molecule has 0 spiro atoms. The summed E-state index contributed by atoms with van der Waals surface area (Å²) >= 11 is 0. The molecule has 1 aliphatic heterocycles. The largest absolute Gasteiger partial charge is 0.352 e. The molecule has 2 aliphatic carbocycles. The van der Waals surface area contributed by atoms with E-state index < -0.39 is 0 Å². The molecular formula is C16H27N3O2. The van der Waals surface area contributed by atoms with Gasteiger partial charge >= 0.3 is 0 Å². The molecule has 5 heteroatoms. The van der Waals surface area contributed by atoms with Crippen LogP contribution in [-0.4, -0.2) is 41.9 Å². The monoisotopic (exact) mass is 293 g/mol. The van der Waals surface area contributed by atoms with Crippen molar-refractivity contribution in [2.45, 2.75) is 63.5 Å². The minimum atomic E-state index is -0.238. The summed E-state index contributed by atoms with van der Waals surface area (Å²) in [6.07, 6.45) is 8.21. The normalized spacial score (nSPS) is 33.0. The summed E-state index contributed by atoms with van der Waals surface area (Å²) in [5, 5.41) is 3.05. The Morgan fingerprint density at radius 1 is 1.05 bits per heavy atom. The lowest BCUT2D eigenvalue weighted by molar-refractivity contribution is -0.143. The maximum absolute atomic E-state index is 12.9. The maximum Gasteiger partial charge on any atom is 0.243 e. The molecule has 1 saturated heterocycles. The Kier molecular flexibility index (Phi) is 4.48. The standard InChI is InChI=1S/C16H27N3O2/c17-10-11-4-1-2-5-13(11)16(21)19-9-3-6-14(19)15(20)18-12-7-8-12/h11-14H,1-10,17H2,(H,18,20). The molecule has 3 N–H and O–H groups in total. The first-order chi connectivity index (χ1) is 10.2. The number of nitrogens with zero attached hydrogens (tertiary/aromatic N) is 1. The number of carbonyl (C=O) groups excluding carboxylic acids is 2. The van der Waals surface area contributed by atoms with Gasteiger partial charge in [-0.1, -0.05) is 12.8 Å². The molecule has 0 bridgehead atoms. The van der Waals surface area contributed by atoms with Gasteiger partial charge in [-0.25, -0.2) is 0 Å². The van der Waals surface area contributed by atoms with Crippen molar-refractivity contribution in [1.82, 2.24) is 10.2 Å². The van der Waals surface area contributed by atoms with Crippen LogP contribution in [0.5, 0.6) is 0 Å². The summed E-state index contributed by atoms with van der Waals surface area (Å²) in [5.41, 5.74) is 5.85. The van der Waals surface area contributed by atoms with E-state index in [2.05, 4.69) is 5.32 Å². The van der Waals surface area contributed by atoms with Crippen LogP contribution in [0.15, 0.2) is 0 Å². The van der Waals surface area contributed by atoms with E-state index in [1.54, 1.807) is 0 Å². The number of hydrogen-bond acceptors (Lipinski definition) is 3. The van der Waals surface area contributed by atoms with Crippen LogP contribution in [0.3, 0.4) is 0 Å². The average molecular weight is 293 g/mol. The average Bonchev–Trinajstić information content (AvgIpc) is 3.18. The Balaban J connectivity index is 1.65. The van der Waals surface area contributed by atoms with Gasteiger partial charge in [-0.15, -0.1) is 0 Å². The first-order valence-electron chi connectivity index (χ1n) is 8.51. The predicted molar refractivity (Wildman–Crippen MR) is 80.4 cm³/mol. The minimum absolute atomic E-state index is 0.0399. The molecule has 2 amide bonds. The van der Waals surface area contributed by atoms with E-state index in [1.807, 2.05) is 4.90 Å². The fourth-order valence-electron chi connectivity index (χ4n) is 3.86. The first kappa shape index (κ1) is 14.8. The van der Waals surface area contributed by atoms with Crippen molar-refractivity contribution >= 4 is 11.8 Å². The third kappa shape index (κ3) is 3.23. The molecule has 0 aromatic carbocycles. The highest BCUT2D eigenvalue weighted by molar-refractivity contribution is 5.89. The van der Waals surface area contributed by atoms with Crippen molar-refractivity contribution < 1.29 is 9.59 Å². The van der Waals surface area contributed by atoms with Crippen molar-refractivity contribution in [3.63, 3.8) is 0 Å². The molecule has 0 radical (unpaired) electrons. The van der Waals surface area contributed by atoms with Gasteiger partial charge in [0.1, 0.15) is 6.04 Å². The van der Waals surface area contributed by atoms with E-state index in [-0.39, 0.29) is 23.8 Å². The summed E-state index contributed by atoms with van der Waals surface area (Å²) in [7, 11) is 0. The summed E-state index contributed by atoms with van der Waals surface area (Å²) in [6.45, 7) is 1.32. The van der Waals surface area contributed by atoms with E-state index in [9.17, 15) is 9.59 Å². The van der Waals surface area contributed by atoms with Crippen LogP contribution in [0, 0.1) is 11.8 Å². The van der Waals surface area contributed by atoms with Gasteiger partial charge in [-0.05, 0) is 51.0 Å². The molecule has 3 unspecified atom stereocenters. The number of rotatable bonds is 4. The molecule has 3 aliphatic rings. The smallest absolute Gasteiger partial charge is 0.243 e. The Morgan fingerprint density at radius 2 is 1.81 bits per heavy atom. The number of nitrogens with one attached hydrogen (secondary N) is 1. The van der Waals surface area contributed by atoms with Crippen molar-refractivity contribution in [2.75, 3.05) is 13.1 Å². The number of hydrogen-bond donors (Lipinski definition) is 2. The zero-order valence-corrected chi connectivity index (χ0v) is 12.7. The fraction of sp³-hybridized carbons (Fsp3) is 0.875. The predicted octanol–water partition coefficient (Wildman–Crippen LogP) is 1.02. The highest BCUT2D eigenvalue weighted by Crippen LogP contribution is 2.33. The molecular weight excluding hydrogens is 266 g/mol. The lowest BCUT2D eigenvalue weighted by Gasteiger charge is -2.34. The highest BCUT2D eigenvalue weighted by atomic mass is 16.2. The van der Waals surface area contributed by atoms with Gasteiger partial charge in [0.25, 0.3) is 0 Å². The fourth-order valence-corrected chi connectivity index (χ4v) is 3.86. The summed E-state index contributed by atoms with van der Waals surface area (Å²) < 4.78 is 0. The van der Waals surface area contributed by atoms with Gasteiger partial charge in [0, 0.05) is 18.5 Å². The van der Waals surface area contributed by atoms with Crippen LogP contribution < -0.4 is 11.1 Å². The second kappa shape index (κ2) is 6.34. The van der Waals surface area contributed by atoms with E-state index in [4.69, 9.17) is 5.73 Å². The van der Waals surface area contributed by atoms with Crippen LogP contribution in [0.1, 0.15) is 51.4 Å². The Labute approximate surface area is 126 Å². The van der Waals surface area contributed by atoms with Crippen molar-refractivity contribution in [2.24, 2.45) is 17.6 Å². The van der Waals surface area contributed by atoms with Gasteiger partial charge in [0.15, 0.2) is 0 Å². The first-order valence-corrected chi connectivity index (χ1v) is 8.51. The molecule has 5 nitrogen and oxygen atoms in total. The Hall–Kier alpha value is -1.10. The molecule has 0 aromatic rings. The van der Waals surface area contributed by atoms with Crippen LogP contribution in [0.25, 0.3) is 0 Å². The summed E-state index contributed by atoms with van der Waals surface area (Å²) in [5.74, 6) is 0.583. The van der Waals surface area contributed by atoms with E-state index in [1.165, 1.54) is 6.42 Å². The second-order valence-electron chi connectivity index (χ2n) is 6.86. The Bertz CT molecular complexity index is 408. The van der Waals surface area contributed by atoms with Crippen LogP contribution >= 0.6 is 0 Å². The van der Waals surface area contributed by atoms with Gasteiger partial charge in [-0.2, -0.15) is 0 Å². The topological polar surface area (TPSA) is 75.4 Å². The second-order valence-corrected chi connectivity index (χ2v) is 6.86.